The van der Waals surface area contributed by atoms with Crippen molar-refractivity contribution in [2.24, 2.45) is 11.3 Å². The van der Waals surface area contributed by atoms with E-state index in [1.807, 2.05) is 13.2 Å². The second-order valence-corrected chi connectivity index (χ2v) is 9.84. The molecule has 218 valence electrons. The Morgan fingerprint density at radius 3 is 2.00 bits per heavy atom. The molecule has 2 N–H and O–H groups in total. The molecule has 1 aromatic heterocycles. The molecule has 2 aliphatic heterocycles. The molecular weight excluding hydrogens is 526 g/mol. The van der Waals surface area contributed by atoms with Crippen molar-refractivity contribution in [2.45, 2.75) is 63.5 Å². The number of piperidine rings is 1. The lowest BCUT2D eigenvalue weighted by atomic mass is 9.71. The molecule has 4 rings (SSSR count). The van der Waals surface area contributed by atoms with Gasteiger partial charge in [-0.25, -0.2) is 9.59 Å². The zero-order valence-electron chi connectivity index (χ0n) is 21.1. The van der Waals surface area contributed by atoms with Gasteiger partial charge in [-0.05, 0) is 56.3 Å². The standard InChI is InChI=1S/C20H32N2O2.2C2HF3O2/c1-23-15-17-13-21(14-19-7-4-12-24-19)16-20(17)8-10-22(11-9-20)18-5-2-3-6-18;2*3-2(4,5)1(6)7/h4,7,12,17-18H,2-3,5-6,8-11,13-16H2,1H3;2*(H,6,7). The predicted molar refractivity (Wildman–Crippen MR) is 122 cm³/mol. The second-order valence-electron chi connectivity index (χ2n) is 9.84. The highest BCUT2D eigenvalue weighted by Gasteiger charge is 2.48. The Hall–Kier alpha value is -2.32. The molecule has 2 saturated heterocycles. The van der Waals surface area contributed by atoms with Crippen LogP contribution in [0.5, 0.6) is 0 Å². The number of hydrogen-bond acceptors (Lipinski definition) is 6. The van der Waals surface area contributed by atoms with E-state index in [1.54, 1.807) is 6.26 Å². The van der Waals surface area contributed by atoms with Gasteiger partial charge in [-0.3, -0.25) is 4.90 Å². The van der Waals surface area contributed by atoms with Crippen molar-refractivity contribution in [1.82, 2.24) is 9.80 Å². The fraction of sp³-hybridized carbons (Fsp3) is 0.750. The average molecular weight is 561 g/mol. The van der Waals surface area contributed by atoms with Crippen molar-refractivity contribution in [3.05, 3.63) is 24.2 Å². The van der Waals surface area contributed by atoms with Gasteiger partial charge in [0.15, 0.2) is 0 Å². The van der Waals surface area contributed by atoms with Crippen molar-refractivity contribution >= 4 is 11.9 Å². The number of carbonyl (C=O) groups is 2. The quantitative estimate of drug-likeness (QED) is 0.502. The topological polar surface area (TPSA) is 103 Å². The van der Waals surface area contributed by atoms with Crippen LogP contribution in [0.4, 0.5) is 26.3 Å². The first kappa shape index (κ1) is 31.9. The van der Waals surface area contributed by atoms with Crippen LogP contribution in [0, 0.1) is 11.3 Å². The maximum Gasteiger partial charge on any atom is 0.490 e. The minimum atomic E-state index is -5.08. The van der Waals surface area contributed by atoms with E-state index in [2.05, 4.69) is 15.9 Å². The minimum Gasteiger partial charge on any atom is -0.475 e. The third-order valence-corrected chi connectivity index (χ3v) is 7.33. The molecule has 3 heterocycles. The SMILES string of the molecule is COCC1CN(Cc2ccco2)CC12CCN(C1CCCC1)CC2.O=C(O)C(F)(F)F.O=C(O)C(F)(F)F. The van der Waals surface area contributed by atoms with Crippen LogP contribution in [-0.2, 0) is 20.9 Å². The van der Waals surface area contributed by atoms with Gasteiger partial charge < -0.3 is 24.3 Å². The van der Waals surface area contributed by atoms with Crippen molar-refractivity contribution in [3.8, 4) is 0 Å². The summed E-state index contributed by atoms with van der Waals surface area (Å²) in [5.74, 6) is -3.75. The summed E-state index contributed by atoms with van der Waals surface area (Å²) >= 11 is 0. The molecule has 0 amide bonds. The van der Waals surface area contributed by atoms with Crippen LogP contribution >= 0.6 is 0 Å². The first-order valence-corrected chi connectivity index (χ1v) is 12.3. The summed E-state index contributed by atoms with van der Waals surface area (Å²) < 4.78 is 74.6. The highest BCUT2D eigenvalue weighted by atomic mass is 19.4. The van der Waals surface area contributed by atoms with Gasteiger partial charge in [0.25, 0.3) is 0 Å². The number of halogens is 6. The molecule has 1 atom stereocenters. The highest BCUT2D eigenvalue weighted by Crippen LogP contribution is 2.46. The fourth-order valence-corrected chi connectivity index (χ4v) is 5.49. The van der Waals surface area contributed by atoms with Crippen molar-refractivity contribution in [1.29, 1.82) is 0 Å². The zero-order valence-corrected chi connectivity index (χ0v) is 21.1. The van der Waals surface area contributed by atoms with E-state index >= 15 is 0 Å². The minimum absolute atomic E-state index is 0.456. The Morgan fingerprint density at radius 1 is 1.05 bits per heavy atom. The molecule has 38 heavy (non-hydrogen) atoms. The van der Waals surface area contributed by atoms with E-state index < -0.39 is 24.3 Å². The molecule has 14 heteroatoms. The first-order chi connectivity index (χ1) is 17.7. The lowest BCUT2D eigenvalue weighted by molar-refractivity contribution is -0.193. The number of ether oxygens (including phenoxy) is 1. The van der Waals surface area contributed by atoms with Gasteiger partial charge in [-0.15, -0.1) is 0 Å². The number of carboxylic acids is 2. The summed E-state index contributed by atoms with van der Waals surface area (Å²) in [4.78, 5) is 23.2. The molecular formula is C24H34F6N2O6. The summed E-state index contributed by atoms with van der Waals surface area (Å²) in [6.07, 6.45) is 0.0373. The molecule has 3 fully saturated rings. The van der Waals surface area contributed by atoms with E-state index in [9.17, 15) is 26.3 Å². The van der Waals surface area contributed by atoms with Gasteiger partial charge in [-0.2, -0.15) is 26.3 Å². The second kappa shape index (κ2) is 13.7. The lowest BCUT2D eigenvalue weighted by Gasteiger charge is -2.44. The maximum absolute atomic E-state index is 10.6. The number of carboxylic acid groups (broad SMARTS) is 2. The number of hydrogen-bond donors (Lipinski definition) is 2. The van der Waals surface area contributed by atoms with Gasteiger partial charge in [0.2, 0.25) is 0 Å². The van der Waals surface area contributed by atoms with Gasteiger partial charge in [0, 0.05) is 32.2 Å². The molecule has 1 spiro atoms. The highest BCUT2D eigenvalue weighted by molar-refractivity contribution is 5.73. The summed E-state index contributed by atoms with van der Waals surface area (Å²) in [6.45, 7) is 6.79. The molecule has 0 bridgehead atoms. The van der Waals surface area contributed by atoms with Crippen LogP contribution in [0.2, 0.25) is 0 Å². The summed E-state index contributed by atoms with van der Waals surface area (Å²) in [5, 5.41) is 14.2. The van der Waals surface area contributed by atoms with Crippen LogP contribution in [0.25, 0.3) is 0 Å². The van der Waals surface area contributed by atoms with Gasteiger partial charge in [0.05, 0.1) is 19.4 Å². The van der Waals surface area contributed by atoms with Crippen LogP contribution in [0.1, 0.15) is 44.3 Å². The smallest absolute Gasteiger partial charge is 0.475 e. The van der Waals surface area contributed by atoms with Crippen molar-refractivity contribution in [3.63, 3.8) is 0 Å². The monoisotopic (exact) mass is 560 g/mol. The average Bonchev–Trinajstić information content (AvgIpc) is 3.58. The number of likely N-dealkylation sites (tertiary alicyclic amines) is 2. The van der Waals surface area contributed by atoms with Crippen LogP contribution in [0.15, 0.2) is 22.8 Å². The number of methoxy groups -OCH3 is 1. The van der Waals surface area contributed by atoms with E-state index in [1.165, 1.54) is 58.2 Å². The molecule has 3 aliphatic rings. The first-order valence-electron chi connectivity index (χ1n) is 12.3. The predicted octanol–water partition coefficient (Wildman–Crippen LogP) is 4.65. The van der Waals surface area contributed by atoms with E-state index in [-0.39, 0.29) is 0 Å². The van der Waals surface area contributed by atoms with Gasteiger partial charge >= 0.3 is 24.3 Å². The Bertz CT molecular complexity index is 839. The van der Waals surface area contributed by atoms with E-state index in [4.69, 9.17) is 29.0 Å². The molecule has 1 unspecified atom stereocenters. The van der Waals surface area contributed by atoms with E-state index in [0.29, 0.717) is 11.3 Å². The van der Waals surface area contributed by atoms with Crippen LogP contribution in [-0.4, -0.2) is 90.2 Å². The zero-order chi connectivity index (χ0) is 28.6. The lowest BCUT2D eigenvalue weighted by Crippen LogP contribution is -2.48. The van der Waals surface area contributed by atoms with Crippen molar-refractivity contribution in [2.75, 3.05) is 39.9 Å². The van der Waals surface area contributed by atoms with Gasteiger partial charge in [-0.1, -0.05) is 12.8 Å². The van der Waals surface area contributed by atoms with Crippen molar-refractivity contribution < 1.29 is 55.3 Å². The Balaban J connectivity index is 0.000000301. The Kier molecular flexibility index (Phi) is 11.5. The molecule has 1 saturated carbocycles. The number of alkyl halides is 6. The number of nitrogens with zero attached hydrogens (tertiary/aromatic N) is 2. The van der Waals surface area contributed by atoms with Gasteiger partial charge in [0.1, 0.15) is 5.76 Å². The number of furan rings is 1. The summed E-state index contributed by atoms with van der Waals surface area (Å²) in [5.41, 5.74) is 0.456. The number of aliphatic carboxylic acids is 2. The molecule has 0 radical (unpaired) electrons. The van der Waals surface area contributed by atoms with E-state index in [0.717, 1.165) is 31.5 Å². The third kappa shape index (κ3) is 9.45. The largest absolute Gasteiger partial charge is 0.490 e. The van der Waals surface area contributed by atoms with Crippen LogP contribution in [0.3, 0.4) is 0 Å². The summed E-state index contributed by atoms with van der Waals surface area (Å²) in [6, 6.07) is 4.97. The molecule has 0 aromatic carbocycles. The van der Waals surface area contributed by atoms with Crippen LogP contribution < -0.4 is 0 Å². The maximum atomic E-state index is 10.6. The molecule has 1 aliphatic carbocycles. The third-order valence-electron chi connectivity index (χ3n) is 7.33. The Morgan fingerprint density at radius 2 is 1.58 bits per heavy atom. The normalized spacial score (nSPS) is 22.4. The molecule has 8 nitrogen and oxygen atoms in total. The summed E-state index contributed by atoms with van der Waals surface area (Å²) in [7, 11) is 1.86. The molecule has 1 aromatic rings. The fourth-order valence-electron chi connectivity index (χ4n) is 5.49. The number of rotatable bonds is 5. The Labute approximate surface area is 216 Å².